The van der Waals surface area contributed by atoms with Gasteiger partial charge in [-0.05, 0) is 49.1 Å². The van der Waals surface area contributed by atoms with Gasteiger partial charge in [0.2, 0.25) is 0 Å². The maximum atomic E-state index is 6.22. The zero-order valence-electron chi connectivity index (χ0n) is 9.84. The van der Waals surface area contributed by atoms with Gasteiger partial charge >= 0.3 is 0 Å². The third-order valence-electron chi connectivity index (χ3n) is 3.00. The standard InChI is InChI=1S/C15H15Cl/c1-10-8-12(3)14(9-11(10)2)13-6-4-5-7-15(13)16/h4-9H,1-3H3. The van der Waals surface area contributed by atoms with Gasteiger partial charge in [0.1, 0.15) is 0 Å². The van der Waals surface area contributed by atoms with Crippen LogP contribution in [-0.4, -0.2) is 0 Å². The summed E-state index contributed by atoms with van der Waals surface area (Å²) in [5.41, 5.74) is 6.25. The molecule has 0 N–H and O–H groups in total. The summed E-state index contributed by atoms with van der Waals surface area (Å²) in [5.74, 6) is 0. The molecule has 0 saturated heterocycles. The number of hydrogen-bond acceptors (Lipinski definition) is 0. The molecule has 0 radical (unpaired) electrons. The van der Waals surface area contributed by atoms with Crippen molar-refractivity contribution in [3.63, 3.8) is 0 Å². The molecule has 0 fully saturated rings. The maximum absolute atomic E-state index is 6.22. The van der Waals surface area contributed by atoms with E-state index in [9.17, 15) is 0 Å². The topological polar surface area (TPSA) is 0 Å². The Balaban J connectivity index is 2.65. The molecule has 0 amide bonds. The molecule has 2 rings (SSSR count). The molecule has 1 heteroatoms. The predicted molar refractivity (Wildman–Crippen MR) is 71.1 cm³/mol. The molecule has 0 bridgehead atoms. The normalized spacial score (nSPS) is 10.5. The van der Waals surface area contributed by atoms with Crippen LogP contribution in [0.1, 0.15) is 16.7 Å². The van der Waals surface area contributed by atoms with Crippen molar-refractivity contribution in [1.29, 1.82) is 0 Å². The van der Waals surface area contributed by atoms with E-state index in [0.29, 0.717) is 0 Å². The van der Waals surface area contributed by atoms with Crippen LogP contribution in [0, 0.1) is 20.8 Å². The smallest absolute Gasteiger partial charge is 0.0484 e. The summed E-state index contributed by atoms with van der Waals surface area (Å²) in [7, 11) is 0. The quantitative estimate of drug-likeness (QED) is 0.652. The minimum Gasteiger partial charge on any atom is -0.0837 e. The Labute approximate surface area is 102 Å². The molecule has 2 aromatic rings. The van der Waals surface area contributed by atoms with Gasteiger partial charge in [0.15, 0.2) is 0 Å². The van der Waals surface area contributed by atoms with Crippen molar-refractivity contribution in [1.82, 2.24) is 0 Å². The first-order chi connectivity index (χ1) is 7.59. The molecule has 0 aliphatic heterocycles. The van der Waals surface area contributed by atoms with Gasteiger partial charge in [0.25, 0.3) is 0 Å². The lowest BCUT2D eigenvalue weighted by Gasteiger charge is -2.11. The highest BCUT2D eigenvalue weighted by Gasteiger charge is 2.07. The SMILES string of the molecule is Cc1cc(C)c(-c2ccccc2Cl)cc1C. The summed E-state index contributed by atoms with van der Waals surface area (Å²) >= 11 is 6.22. The Morgan fingerprint density at radius 1 is 0.750 bits per heavy atom. The first-order valence-electron chi connectivity index (χ1n) is 5.42. The molecular formula is C15H15Cl. The van der Waals surface area contributed by atoms with Crippen LogP contribution >= 0.6 is 11.6 Å². The Hall–Kier alpha value is -1.27. The lowest BCUT2D eigenvalue weighted by atomic mass is 9.95. The van der Waals surface area contributed by atoms with Gasteiger partial charge < -0.3 is 0 Å². The Morgan fingerprint density at radius 2 is 1.38 bits per heavy atom. The fraction of sp³-hybridized carbons (Fsp3) is 0.200. The molecule has 0 aromatic heterocycles. The van der Waals surface area contributed by atoms with Crippen molar-refractivity contribution in [2.75, 3.05) is 0 Å². The number of halogens is 1. The van der Waals surface area contributed by atoms with Crippen LogP contribution in [0.4, 0.5) is 0 Å². The van der Waals surface area contributed by atoms with Gasteiger partial charge in [-0.15, -0.1) is 0 Å². The second-order valence-corrected chi connectivity index (χ2v) is 4.64. The first-order valence-corrected chi connectivity index (χ1v) is 5.80. The van der Waals surface area contributed by atoms with Crippen LogP contribution in [-0.2, 0) is 0 Å². The molecule has 0 unspecified atom stereocenters. The van der Waals surface area contributed by atoms with Crippen LogP contribution in [0.2, 0.25) is 5.02 Å². The third kappa shape index (κ3) is 1.98. The van der Waals surface area contributed by atoms with Gasteiger partial charge in [-0.2, -0.15) is 0 Å². The van der Waals surface area contributed by atoms with Crippen LogP contribution in [0.5, 0.6) is 0 Å². The van der Waals surface area contributed by atoms with E-state index in [0.717, 1.165) is 10.6 Å². The van der Waals surface area contributed by atoms with E-state index in [1.807, 2.05) is 18.2 Å². The average molecular weight is 231 g/mol. The number of aryl methyl sites for hydroxylation is 3. The largest absolute Gasteiger partial charge is 0.0837 e. The summed E-state index contributed by atoms with van der Waals surface area (Å²) in [6.07, 6.45) is 0. The third-order valence-corrected chi connectivity index (χ3v) is 3.33. The Bertz CT molecular complexity index is 527. The van der Waals surface area contributed by atoms with E-state index in [2.05, 4.69) is 39.0 Å². The zero-order valence-corrected chi connectivity index (χ0v) is 10.6. The molecular weight excluding hydrogens is 216 g/mol. The summed E-state index contributed by atoms with van der Waals surface area (Å²) in [6, 6.07) is 12.4. The molecule has 0 heterocycles. The highest BCUT2D eigenvalue weighted by Crippen LogP contribution is 2.31. The Morgan fingerprint density at radius 3 is 2.06 bits per heavy atom. The summed E-state index contributed by atoms with van der Waals surface area (Å²) in [4.78, 5) is 0. The van der Waals surface area contributed by atoms with Crippen molar-refractivity contribution in [3.05, 3.63) is 58.1 Å². The molecule has 0 nitrogen and oxygen atoms in total. The van der Waals surface area contributed by atoms with Gasteiger partial charge in [0.05, 0.1) is 0 Å². The second kappa shape index (κ2) is 4.31. The van der Waals surface area contributed by atoms with Crippen LogP contribution in [0.25, 0.3) is 11.1 Å². The fourth-order valence-corrected chi connectivity index (χ4v) is 2.17. The highest BCUT2D eigenvalue weighted by atomic mass is 35.5. The van der Waals surface area contributed by atoms with Crippen LogP contribution in [0.15, 0.2) is 36.4 Å². The van der Waals surface area contributed by atoms with E-state index in [4.69, 9.17) is 11.6 Å². The molecule has 82 valence electrons. The monoisotopic (exact) mass is 230 g/mol. The number of rotatable bonds is 1. The average Bonchev–Trinajstić information content (AvgIpc) is 2.25. The van der Waals surface area contributed by atoms with Gasteiger partial charge in [0, 0.05) is 10.6 Å². The maximum Gasteiger partial charge on any atom is 0.0484 e. The lowest BCUT2D eigenvalue weighted by Crippen LogP contribution is -1.89. The van der Waals surface area contributed by atoms with Gasteiger partial charge in [-0.3, -0.25) is 0 Å². The lowest BCUT2D eigenvalue weighted by molar-refractivity contribution is 1.30. The first kappa shape index (κ1) is 11.2. The van der Waals surface area contributed by atoms with Gasteiger partial charge in [-0.25, -0.2) is 0 Å². The van der Waals surface area contributed by atoms with E-state index in [1.165, 1.54) is 22.3 Å². The minimum absolute atomic E-state index is 0.814. The van der Waals surface area contributed by atoms with Crippen molar-refractivity contribution < 1.29 is 0 Å². The highest BCUT2D eigenvalue weighted by molar-refractivity contribution is 6.33. The van der Waals surface area contributed by atoms with E-state index in [1.54, 1.807) is 0 Å². The fourth-order valence-electron chi connectivity index (χ4n) is 1.93. The molecule has 2 aromatic carbocycles. The van der Waals surface area contributed by atoms with E-state index >= 15 is 0 Å². The van der Waals surface area contributed by atoms with Crippen molar-refractivity contribution in [3.8, 4) is 11.1 Å². The van der Waals surface area contributed by atoms with Crippen molar-refractivity contribution >= 4 is 11.6 Å². The van der Waals surface area contributed by atoms with E-state index in [-0.39, 0.29) is 0 Å². The van der Waals surface area contributed by atoms with Crippen LogP contribution < -0.4 is 0 Å². The molecule has 0 aliphatic rings. The van der Waals surface area contributed by atoms with Gasteiger partial charge in [-0.1, -0.05) is 41.9 Å². The van der Waals surface area contributed by atoms with E-state index < -0.39 is 0 Å². The zero-order chi connectivity index (χ0) is 11.7. The Kier molecular flexibility index (Phi) is 3.02. The molecule has 0 aliphatic carbocycles. The number of benzene rings is 2. The van der Waals surface area contributed by atoms with Crippen LogP contribution in [0.3, 0.4) is 0 Å². The van der Waals surface area contributed by atoms with Crippen molar-refractivity contribution in [2.45, 2.75) is 20.8 Å². The summed E-state index contributed by atoms with van der Waals surface area (Å²) in [6.45, 7) is 6.40. The van der Waals surface area contributed by atoms with Crippen molar-refractivity contribution in [2.24, 2.45) is 0 Å². The second-order valence-electron chi connectivity index (χ2n) is 4.23. The summed E-state index contributed by atoms with van der Waals surface area (Å²) < 4.78 is 0. The summed E-state index contributed by atoms with van der Waals surface area (Å²) in [5, 5.41) is 0.814. The molecule has 0 spiro atoms. The molecule has 16 heavy (non-hydrogen) atoms. The minimum atomic E-state index is 0.814. The molecule has 0 atom stereocenters. The molecule has 0 saturated carbocycles. The number of hydrogen-bond donors (Lipinski definition) is 0. The predicted octanol–water partition coefficient (Wildman–Crippen LogP) is 4.93.